The molecule has 2 aromatic carbocycles. The van der Waals surface area contributed by atoms with E-state index in [0.717, 1.165) is 27.6 Å². The highest BCUT2D eigenvalue weighted by Gasteiger charge is 2.15. The highest BCUT2D eigenvalue weighted by Crippen LogP contribution is 2.42. The number of phenols is 1. The molecule has 0 saturated carbocycles. The molecule has 0 aliphatic carbocycles. The number of nitrogens with one attached hydrogen (secondary N) is 1. The Morgan fingerprint density at radius 3 is 2.52 bits per heavy atom. The molecule has 0 radical (unpaired) electrons. The number of benzene rings is 2. The van der Waals surface area contributed by atoms with E-state index in [1.165, 1.54) is 4.88 Å². The Morgan fingerprint density at radius 2 is 1.76 bits per heavy atom. The van der Waals surface area contributed by atoms with Crippen LogP contribution < -0.4 is 0 Å². The molecular formula is C18H13NOS. The molecule has 0 bridgehead atoms. The summed E-state index contributed by atoms with van der Waals surface area (Å²) in [6.07, 6.45) is 2.02. The van der Waals surface area contributed by atoms with Crippen LogP contribution in [0.15, 0.2) is 66.2 Å². The second-order valence-electron chi connectivity index (χ2n) is 4.93. The molecule has 2 heterocycles. The van der Waals surface area contributed by atoms with E-state index >= 15 is 0 Å². The van der Waals surface area contributed by atoms with Crippen LogP contribution in [0.25, 0.3) is 32.5 Å². The molecule has 0 aliphatic heterocycles. The molecule has 0 aliphatic rings. The standard InChI is InChI=1S/C18H13NOS/c20-15-9-8-14-18(17(15)12-5-2-1-3-6-12)13(11-19-14)16-7-4-10-21-16/h1-11,19-20H. The second-order valence-corrected chi connectivity index (χ2v) is 5.88. The van der Waals surface area contributed by atoms with Crippen LogP contribution >= 0.6 is 11.3 Å². The minimum Gasteiger partial charge on any atom is -0.507 e. The topological polar surface area (TPSA) is 36.0 Å². The van der Waals surface area contributed by atoms with Gasteiger partial charge in [-0.3, -0.25) is 0 Å². The predicted octanol–water partition coefficient (Wildman–Crippen LogP) is 5.27. The zero-order chi connectivity index (χ0) is 14.2. The first-order chi connectivity index (χ1) is 10.3. The summed E-state index contributed by atoms with van der Waals surface area (Å²) in [4.78, 5) is 4.51. The summed E-state index contributed by atoms with van der Waals surface area (Å²) in [6.45, 7) is 0. The van der Waals surface area contributed by atoms with E-state index in [0.29, 0.717) is 5.75 Å². The van der Waals surface area contributed by atoms with Crippen molar-refractivity contribution in [2.24, 2.45) is 0 Å². The molecule has 0 amide bonds. The molecule has 0 saturated heterocycles. The van der Waals surface area contributed by atoms with E-state index in [-0.39, 0.29) is 0 Å². The normalized spacial score (nSPS) is 11.0. The number of aromatic hydroxyl groups is 1. The number of H-pyrrole nitrogens is 1. The average Bonchev–Trinajstić information content (AvgIpc) is 3.16. The van der Waals surface area contributed by atoms with E-state index < -0.39 is 0 Å². The molecule has 2 aromatic heterocycles. The number of aromatic amines is 1. The Labute approximate surface area is 126 Å². The fourth-order valence-corrected chi connectivity index (χ4v) is 3.49. The van der Waals surface area contributed by atoms with Crippen LogP contribution in [0.3, 0.4) is 0 Å². The molecule has 0 fully saturated rings. The van der Waals surface area contributed by atoms with Crippen LogP contribution in [0, 0.1) is 0 Å². The average molecular weight is 291 g/mol. The van der Waals surface area contributed by atoms with Gasteiger partial charge in [-0.1, -0.05) is 36.4 Å². The van der Waals surface area contributed by atoms with Crippen molar-refractivity contribution in [2.75, 3.05) is 0 Å². The van der Waals surface area contributed by atoms with Crippen LogP contribution in [0.2, 0.25) is 0 Å². The van der Waals surface area contributed by atoms with E-state index in [9.17, 15) is 5.11 Å². The highest BCUT2D eigenvalue weighted by atomic mass is 32.1. The minimum atomic E-state index is 0.311. The summed E-state index contributed by atoms with van der Waals surface area (Å²) in [6, 6.07) is 17.8. The lowest BCUT2D eigenvalue weighted by Gasteiger charge is -2.08. The second kappa shape index (κ2) is 4.79. The molecule has 102 valence electrons. The Balaban J connectivity index is 2.10. The maximum Gasteiger partial charge on any atom is 0.124 e. The zero-order valence-electron chi connectivity index (χ0n) is 11.2. The van der Waals surface area contributed by atoms with Gasteiger partial charge in [-0.05, 0) is 29.1 Å². The highest BCUT2D eigenvalue weighted by molar-refractivity contribution is 7.13. The van der Waals surface area contributed by atoms with Crippen molar-refractivity contribution in [1.29, 1.82) is 0 Å². The maximum absolute atomic E-state index is 10.4. The van der Waals surface area contributed by atoms with E-state index in [4.69, 9.17) is 0 Å². The molecular weight excluding hydrogens is 278 g/mol. The Bertz CT molecular complexity index is 892. The summed E-state index contributed by atoms with van der Waals surface area (Å²) in [5.41, 5.74) is 4.08. The van der Waals surface area contributed by atoms with Crippen molar-refractivity contribution in [3.63, 3.8) is 0 Å². The Kier molecular flexibility index (Phi) is 2.79. The van der Waals surface area contributed by atoms with Gasteiger partial charge in [0.05, 0.1) is 0 Å². The van der Waals surface area contributed by atoms with Crippen LogP contribution in [0.5, 0.6) is 5.75 Å². The van der Waals surface area contributed by atoms with Gasteiger partial charge in [-0.2, -0.15) is 0 Å². The molecule has 21 heavy (non-hydrogen) atoms. The first-order valence-corrected chi connectivity index (χ1v) is 7.65. The Morgan fingerprint density at radius 1 is 0.905 bits per heavy atom. The number of hydrogen-bond acceptors (Lipinski definition) is 2. The van der Waals surface area contributed by atoms with Crippen molar-refractivity contribution < 1.29 is 5.11 Å². The third kappa shape index (κ3) is 1.94. The predicted molar refractivity (Wildman–Crippen MR) is 88.7 cm³/mol. The monoisotopic (exact) mass is 291 g/mol. The zero-order valence-corrected chi connectivity index (χ0v) is 12.0. The van der Waals surface area contributed by atoms with Gasteiger partial charge in [-0.25, -0.2) is 0 Å². The molecule has 0 atom stereocenters. The van der Waals surface area contributed by atoms with Gasteiger partial charge in [0.15, 0.2) is 0 Å². The van der Waals surface area contributed by atoms with E-state index in [2.05, 4.69) is 16.4 Å². The molecule has 3 heteroatoms. The summed E-state index contributed by atoms with van der Waals surface area (Å²) >= 11 is 1.70. The summed E-state index contributed by atoms with van der Waals surface area (Å²) in [5, 5.41) is 13.5. The van der Waals surface area contributed by atoms with Crippen molar-refractivity contribution in [2.45, 2.75) is 0 Å². The number of rotatable bonds is 2. The van der Waals surface area contributed by atoms with Gasteiger partial charge in [0, 0.05) is 33.1 Å². The molecule has 2 nitrogen and oxygen atoms in total. The first-order valence-electron chi connectivity index (χ1n) is 6.77. The largest absolute Gasteiger partial charge is 0.507 e. The van der Waals surface area contributed by atoms with Gasteiger partial charge >= 0.3 is 0 Å². The summed E-state index contributed by atoms with van der Waals surface area (Å²) < 4.78 is 0. The summed E-state index contributed by atoms with van der Waals surface area (Å²) in [7, 11) is 0. The minimum absolute atomic E-state index is 0.311. The number of aromatic nitrogens is 1. The van der Waals surface area contributed by atoms with Crippen LogP contribution in [-0.4, -0.2) is 10.1 Å². The molecule has 4 rings (SSSR count). The number of thiophene rings is 1. The number of fused-ring (bicyclic) bond motifs is 1. The fraction of sp³-hybridized carbons (Fsp3) is 0. The van der Waals surface area contributed by atoms with Crippen LogP contribution in [0.1, 0.15) is 0 Å². The van der Waals surface area contributed by atoms with Crippen molar-refractivity contribution >= 4 is 22.2 Å². The molecule has 0 unspecified atom stereocenters. The SMILES string of the molecule is Oc1ccc2[nH]cc(-c3cccs3)c2c1-c1ccccc1. The smallest absolute Gasteiger partial charge is 0.124 e. The van der Waals surface area contributed by atoms with Gasteiger partial charge in [-0.15, -0.1) is 11.3 Å². The van der Waals surface area contributed by atoms with Crippen LogP contribution in [-0.2, 0) is 0 Å². The number of phenolic OH excluding ortho intramolecular Hbond substituents is 1. The Hall–Kier alpha value is -2.52. The van der Waals surface area contributed by atoms with Gasteiger partial charge in [0.2, 0.25) is 0 Å². The van der Waals surface area contributed by atoms with Crippen molar-refractivity contribution in [3.05, 3.63) is 66.2 Å². The van der Waals surface area contributed by atoms with E-state index in [1.807, 2.05) is 48.7 Å². The summed E-state index contributed by atoms with van der Waals surface area (Å²) in [5.74, 6) is 0.311. The number of hydrogen-bond donors (Lipinski definition) is 2. The van der Waals surface area contributed by atoms with Gasteiger partial charge in [0.1, 0.15) is 5.75 Å². The lowest BCUT2D eigenvalue weighted by Crippen LogP contribution is -1.82. The molecule has 4 aromatic rings. The third-order valence-electron chi connectivity index (χ3n) is 3.67. The fourth-order valence-electron chi connectivity index (χ4n) is 2.74. The maximum atomic E-state index is 10.4. The van der Waals surface area contributed by atoms with E-state index in [1.54, 1.807) is 17.4 Å². The van der Waals surface area contributed by atoms with Gasteiger partial charge < -0.3 is 10.1 Å². The quantitative estimate of drug-likeness (QED) is 0.518. The van der Waals surface area contributed by atoms with Crippen LogP contribution in [0.4, 0.5) is 0 Å². The molecule has 2 N–H and O–H groups in total. The lowest BCUT2D eigenvalue weighted by molar-refractivity contribution is 0.478. The first kappa shape index (κ1) is 12.2. The molecule has 0 spiro atoms. The lowest BCUT2D eigenvalue weighted by atomic mass is 9.97. The van der Waals surface area contributed by atoms with Crippen molar-refractivity contribution in [1.82, 2.24) is 4.98 Å². The van der Waals surface area contributed by atoms with Crippen molar-refractivity contribution in [3.8, 4) is 27.3 Å². The third-order valence-corrected chi connectivity index (χ3v) is 4.58. The van der Waals surface area contributed by atoms with Gasteiger partial charge in [0.25, 0.3) is 0 Å².